The van der Waals surface area contributed by atoms with Crippen LogP contribution in [0.3, 0.4) is 0 Å². The maximum atomic E-state index is 12.7. The van der Waals surface area contributed by atoms with Gasteiger partial charge in [-0.05, 0) is 67.6 Å². The van der Waals surface area contributed by atoms with E-state index in [2.05, 4.69) is 36.4 Å². The van der Waals surface area contributed by atoms with Gasteiger partial charge in [0.05, 0.1) is 27.8 Å². The number of carbonyl (C=O) groups excluding carboxylic acids is 1. The molecule has 210 valence electrons. The van der Waals surface area contributed by atoms with E-state index in [0.717, 1.165) is 72.8 Å². The van der Waals surface area contributed by atoms with E-state index in [1.807, 2.05) is 4.90 Å². The number of piperidine rings is 2. The second-order valence-corrected chi connectivity index (χ2v) is 14.2. The van der Waals surface area contributed by atoms with Crippen molar-refractivity contribution in [1.29, 1.82) is 0 Å². The molecule has 1 aromatic carbocycles. The molecule has 2 saturated heterocycles. The van der Waals surface area contributed by atoms with Crippen molar-refractivity contribution in [2.75, 3.05) is 38.5 Å². The fourth-order valence-electron chi connectivity index (χ4n) is 5.60. The predicted octanol–water partition coefficient (Wildman–Crippen LogP) is 6.36. The molecule has 0 radical (unpaired) electrons. The Labute approximate surface area is 233 Å². The van der Waals surface area contributed by atoms with Gasteiger partial charge in [-0.15, -0.1) is 0 Å². The summed E-state index contributed by atoms with van der Waals surface area (Å²) in [7, 11) is -0.843. The SMILES string of the molecule is CC(C)CCCS(=O)N1CCC(c2ccc3nc(OC4CCN(C(=O)OCC5CCC5)CC4)sc3c2)CC1. The number of thiazole rings is 1. The number of nitrogens with zero attached hydrogens (tertiary/aromatic N) is 3. The number of fused-ring (bicyclic) bond motifs is 1. The molecule has 7 nitrogen and oxygen atoms in total. The molecule has 2 aromatic rings. The van der Waals surface area contributed by atoms with Crippen molar-refractivity contribution in [2.24, 2.45) is 11.8 Å². The summed E-state index contributed by atoms with van der Waals surface area (Å²) in [5, 5.41) is 0.717. The molecule has 1 atom stereocenters. The van der Waals surface area contributed by atoms with Crippen molar-refractivity contribution in [3.63, 3.8) is 0 Å². The standard InChI is InChI=1S/C29H43N3O4S2/c1-21(2)5-4-18-38(34)32-16-10-23(11-17-32)24-8-9-26-27(19-24)37-28(30-26)36-25-12-14-31(15-13-25)29(33)35-20-22-6-3-7-22/h8-9,19,21-23,25H,3-7,10-18,20H2,1-2H3. The lowest BCUT2D eigenvalue weighted by Crippen LogP contribution is -2.42. The molecule has 3 aliphatic rings. The second-order valence-electron chi connectivity index (χ2n) is 11.7. The summed E-state index contributed by atoms with van der Waals surface area (Å²) in [4.78, 5) is 18.9. The summed E-state index contributed by atoms with van der Waals surface area (Å²) in [5.41, 5.74) is 2.33. The minimum atomic E-state index is -0.843. The molecule has 1 unspecified atom stereocenters. The number of carbonyl (C=O) groups is 1. The quantitative estimate of drug-likeness (QED) is 0.338. The van der Waals surface area contributed by atoms with Crippen LogP contribution in [0.2, 0.25) is 0 Å². The number of hydrogen-bond donors (Lipinski definition) is 0. The lowest BCUT2D eigenvalue weighted by molar-refractivity contribution is 0.0500. The van der Waals surface area contributed by atoms with Crippen molar-refractivity contribution in [3.8, 4) is 5.19 Å². The molecule has 3 fully saturated rings. The van der Waals surface area contributed by atoms with Crippen LogP contribution in [0.5, 0.6) is 5.19 Å². The number of likely N-dealkylation sites (tertiary alicyclic amines) is 1. The highest BCUT2D eigenvalue weighted by molar-refractivity contribution is 7.82. The van der Waals surface area contributed by atoms with Crippen molar-refractivity contribution < 1.29 is 18.5 Å². The maximum absolute atomic E-state index is 12.7. The zero-order valence-electron chi connectivity index (χ0n) is 22.9. The van der Waals surface area contributed by atoms with E-state index in [4.69, 9.17) is 14.5 Å². The number of amides is 1. The smallest absolute Gasteiger partial charge is 0.409 e. The van der Waals surface area contributed by atoms with E-state index < -0.39 is 11.0 Å². The average Bonchev–Trinajstić information content (AvgIpc) is 3.29. The van der Waals surface area contributed by atoms with Crippen LogP contribution in [0, 0.1) is 11.8 Å². The maximum Gasteiger partial charge on any atom is 0.409 e. The number of hydrogen-bond acceptors (Lipinski definition) is 6. The van der Waals surface area contributed by atoms with Crippen molar-refractivity contribution >= 4 is 38.6 Å². The summed E-state index contributed by atoms with van der Waals surface area (Å²) < 4.78 is 27.8. The minimum absolute atomic E-state index is 0.0800. The molecule has 0 spiro atoms. The van der Waals surface area contributed by atoms with Gasteiger partial charge >= 0.3 is 6.09 Å². The highest BCUT2D eigenvalue weighted by Gasteiger charge is 2.28. The molecule has 38 heavy (non-hydrogen) atoms. The molecule has 5 rings (SSSR count). The monoisotopic (exact) mass is 561 g/mol. The Morgan fingerprint density at radius 3 is 2.55 bits per heavy atom. The van der Waals surface area contributed by atoms with Crippen LogP contribution in [0.15, 0.2) is 18.2 Å². The summed E-state index contributed by atoms with van der Waals surface area (Å²) in [6.07, 6.45) is 9.44. The van der Waals surface area contributed by atoms with E-state index in [9.17, 15) is 9.00 Å². The first-order chi connectivity index (χ1) is 18.4. The van der Waals surface area contributed by atoms with Crippen LogP contribution < -0.4 is 4.74 Å². The molecule has 9 heteroatoms. The molecule has 1 saturated carbocycles. The molecule has 0 bridgehead atoms. The summed E-state index contributed by atoms with van der Waals surface area (Å²) in [5.74, 6) is 2.54. The largest absolute Gasteiger partial charge is 0.467 e. The van der Waals surface area contributed by atoms with Crippen molar-refractivity contribution in [3.05, 3.63) is 23.8 Å². The first-order valence-corrected chi connectivity index (χ1v) is 16.7. The fourth-order valence-corrected chi connectivity index (χ4v) is 7.82. The van der Waals surface area contributed by atoms with Gasteiger partial charge in [0.15, 0.2) is 0 Å². The summed E-state index contributed by atoms with van der Waals surface area (Å²) in [6, 6.07) is 6.60. The highest BCUT2D eigenvalue weighted by Crippen LogP contribution is 2.35. The Balaban J connectivity index is 1.08. The van der Waals surface area contributed by atoms with Gasteiger partial charge in [0.25, 0.3) is 5.19 Å². The second kappa shape index (κ2) is 13.1. The number of ether oxygens (including phenoxy) is 2. The predicted molar refractivity (Wildman–Crippen MR) is 154 cm³/mol. The van der Waals surface area contributed by atoms with Gasteiger partial charge in [-0.2, -0.15) is 0 Å². The first-order valence-electron chi connectivity index (χ1n) is 14.6. The van der Waals surface area contributed by atoms with Gasteiger partial charge in [-0.1, -0.05) is 44.1 Å². The van der Waals surface area contributed by atoms with E-state index in [0.29, 0.717) is 37.5 Å². The first kappa shape index (κ1) is 27.8. The lowest BCUT2D eigenvalue weighted by atomic mass is 9.86. The van der Waals surface area contributed by atoms with Gasteiger partial charge in [0.1, 0.15) is 6.10 Å². The van der Waals surface area contributed by atoms with Crippen LogP contribution in [-0.4, -0.2) is 69.1 Å². The molecule has 0 N–H and O–H groups in total. The molecule has 1 aromatic heterocycles. The third kappa shape index (κ3) is 7.27. The summed E-state index contributed by atoms with van der Waals surface area (Å²) in [6.45, 7) is 8.17. The van der Waals surface area contributed by atoms with E-state index in [1.54, 1.807) is 11.3 Å². The molecule has 3 heterocycles. The van der Waals surface area contributed by atoms with E-state index in [1.165, 1.54) is 24.8 Å². The normalized spacial score (nSPS) is 21.1. The third-order valence-electron chi connectivity index (χ3n) is 8.34. The topological polar surface area (TPSA) is 72.0 Å². The average molecular weight is 562 g/mol. The number of benzene rings is 1. The van der Waals surface area contributed by atoms with Gasteiger partial charge in [-0.25, -0.2) is 18.3 Å². The third-order valence-corrected chi connectivity index (χ3v) is 10.8. The molecule has 1 amide bonds. The summed E-state index contributed by atoms with van der Waals surface area (Å²) >= 11 is 1.62. The molecule has 1 aliphatic carbocycles. The Hall–Kier alpha value is -1.71. The van der Waals surface area contributed by atoms with E-state index in [-0.39, 0.29) is 12.2 Å². The number of aromatic nitrogens is 1. The molecular formula is C29H43N3O4S2. The Morgan fingerprint density at radius 2 is 1.87 bits per heavy atom. The fraction of sp³-hybridized carbons (Fsp3) is 0.724. The Bertz CT molecular complexity index is 1090. The van der Waals surface area contributed by atoms with Crippen LogP contribution in [0.4, 0.5) is 4.79 Å². The zero-order chi connectivity index (χ0) is 26.5. The zero-order valence-corrected chi connectivity index (χ0v) is 24.6. The molecule has 2 aliphatic heterocycles. The van der Waals surface area contributed by atoms with Crippen molar-refractivity contribution in [2.45, 2.75) is 83.7 Å². The van der Waals surface area contributed by atoms with Crippen LogP contribution in [0.25, 0.3) is 10.2 Å². The van der Waals surface area contributed by atoms with Gasteiger partial charge < -0.3 is 14.4 Å². The van der Waals surface area contributed by atoms with Gasteiger partial charge in [0, 0.05) is 44.8 Å². The van der Waals surface area contributed by atoms with E-state index >= 15 is 0 Å². The highest BCUT2D eigenvalue weighted by atomic mass is 32.2. The van der Waals surface area contributed by atoms with Crippen molar-refractivity contribution in [1.82, 2.24) is 14.2 Å². The van der Waals surface area contributed by atoms with Gasteiger partial charge in [-0.3, -0.25) is 0 Å². The minimum Gasteiger partial charge on any atom is -0.467 e. The van der Waals surface area contributed by atoms with Crippen LogP contribution in [-0.2, 0) is 15.7 Å². The Kier molecular flexibility index (Phi) is 9.59. The lowest BCUT2D eigenvalue weighted by Gasteiger charge is -2.32. The van der Waals surface area contributed by atoms with Crippen LogP contribution in [0.1, 0.15) is 83.1 Å². The molecular weight excluding hydrogens is 518 g/mol. The number of rotatable bonds is 10. The Morgan fingerprint density at radius 1 is 1.11 bits per heavy atom. The van der Waals surface area contributed by atoms with Gasteiger partial charge in [0.2, 0.25) is 0 Å². The van der Waals surface area contributed by atoms with Crippen LogP contribution >= 0.6 is 11.3 Å².